The van der Waals surface area contributed by atoms with E-state index >= 15 is 0 Å². The Morgan fingerprint density at radius 2 is 1.72 bits per heavy atom. The van der Waals surface area contributed by atoms with E-state index in [2.05, 4.69) is 17.5 Å². The summed E-state index contributed by atoms with van der Waals surface area (Å²) in [5, 5.41) is 22.6. The summed E-state index contributed by atoms with van der Waals surface area (Å²) in [6.07, 6.45) is 0. The maximum atomic E-state index is 12.1. The summed E-state index contributed by atoms with van der Waals surface area (Å²) in [5.74, 6) is 1.28. The van der Waals surface area contributed by atoms with Crippen LogP contribution in [0.15, 0.2) is 72.8 Å². The van der Waals surface area contributed by atoms with E-state index in [0.29, 0.717) is 40.9 Å². The second-order valence-corrected chi connectivity index (χ2v) is 12.1. The number of nitriles is 1. The Labute approximate surface area is 279 Å². The summed E-state index contributed by atoms with van der Waals surface area (Å²) in [6, 6.07) is 23.7. The topological polar surface area (TPSA) is 119 Å². The number of methoxy groups -OCH3 is 1. The third-order valence-corrected chi connectivity index (χ3v) is 8.51. The molecule has 0 saturated heterocycles. The first-order chi connectivity index (χ1) is 22.6. The van der Waals surface area contributed by atoms with Crippen LogP contribution in [0, 0.1) is 18.3 Å². The molecule has 0 aliphatic carbocycles. The average molecular weight is 657 g/mol. The minimum absolute atomic E-state index is 0.133. The van der Waals surface area contributed by atoms with Crippen molar-refractivity contribution in [3.05, 3.63) is 106 Å². The van der Waals surface area contributed by atoms with Crippen LogP contribution >= 0.6 is 11.6 Å². The quantitative estimate of drug-likeness (QED) is 0.155. The van der Waals surface area contributed by atoms with Crippen LogP contribution in [0.1, 0.15) is 41.7 Å². The molecule has 1 unspecified atom stereocenters. The monoisotopic (exact) mass is 656 g/mol. The Morgan fingerprint density at radius 3 is 2.47 bits per heavy atom. The zero-order chi connectivity index (χ0) is 33.6. The van der Waals surface area contributed by atoms with Crippen molar-refractivity contribution in [1.82, 2.24) is 5.32 Å². The van der Waals surface area contributed by atoms with Crippen molar-refractivity contribution in [2.75, 3.05) is 20.3 Å². The van der Waals surface area contributed by atoms with Crippen LogP contribution in [0.4, 0.5) is 0 Å². The molecule has 4 aromatic rings. The smallest absolute Gasteiger partial charge is 0.323 e. The summed E-state index contributed by atoms with van der Waals surface area (Å²) in [5.41, 5.74) is 5.06. The van der Waals surface area contributed by atoms with Gasteiger partial charge in [-0.1, -0.05) is 48.0 Å². The molecule has 0 fully saturated rings. The van der Waals surface area contributed by atoms with E-state index in [0.717, 1.165) is 39.3 Å². The molecule has 1 aliphatic rings. The van der Waals surface area contributed by atoms with Crippen LogP contribution in [0.5, 0.6) is 23.0 Å². The maximum absolute atomic E-state index is 12.1. The fourth-order valence-corrected chi connectivity index (χ4v) is 5.57. The van der Waals surface area contributed by atoms with Gasteiger partial charge in [0.2, 0.25) is 0 Å². The zero-order valence-electron chi connectivity index (χ0n) is 26.8. The Kier molecular flexibility index (Phi) is 10.6. The molecule has 0 radical (unpaired) electrons. The van der Waals surface area contributed by atoms with Gasteiger partial charge in [0.1, 0.15) is 44.0 Å². The molecule has 0 saturated carbocycles. The van der Waals surface area contributed by atoms with Gasteiger partial charge in [-0.25, -0.2) is 0 Å². The SMILES string of the molecule is COC(C)(C)C(NCc1cc(Cl)c(OCc2cccc(-c3ccc4c(c3)OCCO4)c2C)cc1OCc1cccc(C#N)c1)C(=O)O. The average Bonchev–Trinajstić information content (AvgIpc) is 3.07. The lowest BCUT2D eigenvalue weighted by Crippen LogP contribution is -2.52. The molecular weight excluding hydrogens is 620 g/mol. The molecule has 10 heteroatoms. The highest BCUT2D eigenvalue weighted by Crippen LogP contribution is 2.37. The fraction of sp³-hybridized carbons (Fsp3) is 0.297. The van der Waals surface area contributed by atoms with E-state index in [-0.39, 0.29) is 19.8 Å². The molecule has 0 amide bonds. The summed E-state index contributed by atoms with van der Waals surface area (Å²) in [4.78, 5) is 12.1. The van der Waals surface area contributed by atoms with Gasteiger partial charge in [-0.15, -0.1) is 0 Å². The third-order valence-electron chi connectivity index (χ3n) is 8.21. The van der Waals surface area contributed by atoms with Crippen LogP contribution in [0.2, 0.25) is 5.02 Å². The number of aliphatic carboxylic acids is 1. The molecule has 244 valence electrons. The highest BCUT2D eigenvalue weighted by Gasteiger charge is 2.35. The normalized spacial score (nSPS) is 13.0. The van der Waals surface area contributed by atoms with Crippen molar-refractivity contribution >= 4 is 17.6 Å². The number of ether oxygens (including phenoxy) is 5. The zero-order valence-corrected chi connectivity index (χ0v) is 27.5. The van der Waals surface area contributed by atoms with Crippen LogP contribution in [0.3, 0.4) is 0 Å². The van der Waals surface area contributed by atoms with E-state index in [1.165, 1.54) is 7.11 Å². The maximum Gasteiger partial charge on any atom is 0.323 e. The number of hydrogen-bond donors (Lipinski definition) is 2. The molecule has 4 aromatic carbocycles. The molecule has 0 bridgehead atoms. The Hall–Kier alpha value is -4.75. The number of nitrogens with zero attached hydrogens (tertiary/aromatic N) is 1. The van der Waals surface area contributed by atoms with Gasteiger partial charge >= 0.3 is 5.97 Å². The lowest BCUT2D eigenvalue weighted by molar-refractivity contribution is -0.147. The largest absolute Gasteiger partial charge is 0.488 e. The highest BCUT2D eigenvalue weighted by atomic mass is 35.5. The predicted octanol–water partition coefficient (Wildman–Crippen LogP) is 7.08. The number of carboxylic acid groups (broad SMARTS) is 1. The van der Waals surface area contributed by atoms with Gasteiger partial charge in [0.25, 0.3) is 0 Å². The van der Waals surface area contributed by atoms with E-state index in [1.54, 1.807) is 44.2 Å². The first-order valence-corrected chi connectivity index (χ1v) is 15.5. The molecule has 2 N–H and O–H groups in total. The Balaban J connectivity index is 1.39. The predicted molar refractivity (Wildman–Crippen MR) is 178 cm³/mol. The molecule has 1 aliphatic heterocycles. The fourth-order valence-electron chi connectivity index (χ4n) is 5.33. The second-order valence-electron chi connectivity index (χ2n) is 11.7. The van der Waals surface area contributed by atoms with Crippen molar-refractivity contribution in [2.24, 2.45) is 0 Å². The summed E-state index contributed by atoms with van der Waals surface area (Å²) < 4.78 is 29.4. The third kappa shape index (κ3) is 7.98. The summed E-state index contributed by atoms with van der Waals surface area (Å²) in [7, 11) is 1.47. The van der Waals surface area contributed by atoms with Gasteiger partial charge in [0.15, 0.2) is 11.5 Å². The van der Waals surface area contributed by atoms with Crippen molar-refractivity contribution in [1.29, 1.82) is 5.26 Å². The number of carboxylic acids is 1. The van der Waals surface area contributed by atoms with E-state index in [9.17, 15) is 15.2 Å². The van der Waals surface area contributed by atoms with Crippen molar-refractivity contribution in [3.63, 3.8) is 0 Å². The second kappa shape index (κ2) is 14.8. The molecular formula is C37H37ClN2O7. The number of benzene rings is 4. The number of carbonyl (C=O) groups is 1. The minimum atomic E-state index is -1.05. The van der Waals surface area contributed by atoms with E-state index in [1.807, 2.05) is 43.3 Å². The first kappa shape index (κ1) is 33.6. The Bertz CT molecular complexity index is 1800. The molecule has 0 spiro atoms. The van der Waals surface area contributed by atoms with Crippen LogP contribution in [0.25, 0.3) is 11.1 Å². The lowest BCUT2D eigenvalue weighted by Gasteiger charge is -2.31. The summed E-state index contributed by atoms with van der Waals surface area (Å²) >= 11 is 6.74. The summed E-state index contributed by atoms with van der Waals surface area (Å²) in [6.45, 7) is 7.05. The number of nitrogens with one attached hydrogen (secondary N) is 1. The van der Waals surface area contributed by atoms with Crippen molar-refractivity contribution < 1.29 is 33.6 Å². The van der Waals surface area contributed by atoms with E-state index < -0.39 is 17.6 Å². The van der Waals surface area contributed by atoms with Gasteiger partial charge in [0, 0.05) is 25.3 Å². The lowest BCUT2D eigenvalue weighted by atomic mass is 9.96. The van der Waals surface area contributed by atoms with Gasteiger partial charge in [-0.3, -0.25) is 10.1 Å². The molecule has 5 rings (SSSR count). The molecule has 1 heterocycles. The van der Waals surface area contributed by atoms with Crippen LogP contribution in [-0.4, -0.2) is 43.0 Å². The standard InChI is InChI=1S/C37H37ClN2O7/c1-23-27(9-6-10-29(23)26-11-12-31-34(17-26)45-14-13-44-31)22-47-33-18-32(46-21-25-8-5-7-24(15-25)19-39)28(16-30(33)38)20-40-35(36(41)42)37(2,3)43-4/h5-12,15-18,35,40H,13-14,20-22H2,1-4H3,(H,41,42). The number of halogens is 1. The first-order valence-electron chi connectivity index (χ1n) is 15.2. The van der Waals surface area contributed by atoms with Gasteiger partial charge < -0.3 is 28.8 Å². The number of rotatable bonds is 13. The number of hydrogen-bond acceptors (Lipinski definition) is 8. The van der Waals surface area contributed by atoms with Gasteiger partial charge in [-0.05, 0) is 78.9 Å². The molecule has 1 atom stereocenters. The van der Waals surface area contributed by atoms with Gasteiger partial charge in [-0.2, -0.15) is 5.26 Å². The molecule has 9 nitrogen and oxygen atoms in total. The highest BCUT2D eigenvalue weighted by molar-refractivity contribution is 6.32. The van der Waals surface area contributed by atoms with Crippen molar-refractivity contribution in [3.8, 4) is 40.2 Å². The van der Waals surface area contributed by atoms with Crippen molar-refractivity contribution in [2.45, 2.75) is 52.2 Å². The molecule has 0 aromatic heterocycles. The van der Waals surface area contributed by atoms with Crippen LogP contribution in [-0.2, 0) is 29.3 Å². The Morgan fingerprint density at radius 1 is 0.979 bits per heavy atom. The minimum Gasteiger partial charge on any atom is -0.488 e. The molecule has 47 heavy (non-hydrogen) atoms. The van der Waals surface area contributed by atoms with Gasteiger partial charge in [0.05, 0.1) is 22.3 Å². The van der Waals surface area contributed by atoms with E-state index in [4.69, 9.17) is 35.3 Å². The number of fused-ring (bicyclic) bond motifs is 1. The van der Waals surface area contributed by atoms with Crippen LogP contribution < -0.4 is 24.3 Å².